The van der Waals surface area contributed by atoms with Crippen LogP contribution in [0.5, 0.6) is 0 Å². The molecular weight excluding hydrogens is 316 g/mol. The van der Waals surface area contributed by atoms with Gasteiger partial charge in [0.2, 0.25) is 0 Å². The highest BCUT2D eigenvalue weighted by atomic mass is 35.5. The van der Waals surface area contributed by atoms with Crippen LogP contribution in [0.2, 0.25) is 5.02 Å². The van der Waals surface area contributed by atoms with Crippen molar-refractivity contribution >= 4 is 34.0 Å². The van der Waals surface area contributed by atoms with E-state index >= 15 is 0 Å². The summed E-state index contributed by atoms with van der Waals surface area (Å²) < 4.78 is 11.4. The normalized spacial score (nSPS) is 21.1. The summed E-state index contributed by atoms with van der Waals surface area (Å²) in [5, 5.41) is 10.7. The van der Waals surface area contributed by atoms with Crippen LogP contribution in [0.1, 0.15) is 24.2 Å². The number of rotatable bonds is 2. The van der Waals surface area contributed by atoms with Gasteiger partial charge in [0.1, 0.15) is 5.02 Å². The zero-order valence-electron chi connectivity index (χ0n) is 11.7. The van der Waals surface area contributed by atoms with E-state index in [1.54, 1.807) is 4.90 Å². The van der Waals surface area contributed by atoms with Crippen molar-refractivity contribution < 1.29 is 13.9 Å². The van der Waals surface area contributed by atoms with Crippen LogP contribution in [0.15, 0.2) is 18.2 Å². The van der Waals surface area contributed by atoms with Crippen molar-refractivity contribution in [3.8, 4) is 0 Å². The molecule has 1 atom stereocenters. The number of nitrogens with zero attached hydrogens (tertiary/aromatic N) is 2. The number of carbonyl (C=O) groups excluding carboxylic acids is 1. The second-order valence-electron chi connectivity index (χ2n) is 5.46. The minimum atomic E-state index is -0.968. The molecular formula is C13H15ClN2O4S. The number of nitro benzene ring substituents is 1. The van der Waals surface area contributed by atoms with Crippen molar-refractivity contribution in [2.75, 3.05) is 18.8 Å². The summed E-state index contributed by atoms with van der Waals surface area (Å²) in [6.07, 6.45) is 0. The smallest absolute Gasteiger partial charge is 0.287 e. The van der Waals surface area contributed by atoms with Crippen LogP contribution in [-0.4, -0.2) is 43.5 Å². The zero-order chi connectivity index (χ0) is 15.8. The highest BCUT2D eigenvalue weighted by molar-refractivity contribution is 7.86. The molecule has 1 aliphatic heterocycles. The predicted molar refractivity (Wildman–Crippen MR) is 81.1 cm³/mol. The molecule has 1 unspecified atom stereocenters. The fourth-order valence-electron chi connectivity index (χ4n) is 2.22. The summed E-state index contributed by atoms with van der Waals surface area (Å²) in [4.78, 5) is 24.2. The maximum absolute atomic E-state index is 12.4. The van der Waals surface area contributed by atoms with Crippen molar-refractivity contribution in [2.24, 2.45) is 0 Å². The largest absolute Gasteiger partial charge is 0.336 e. The first-order chi connectivity index (χ1) is 9.72. The summed E-state index contributed by atoms with van der Waals surface area (Å²) in [7, 11) is -0.968. The van der Waals surface area contributed by atoms with Crippen molar-refractivity contribution in [3.63, 3.8) is 0 Å². The van der Waals surface area contributed by atoms with Gasteiger partial charge in [0.05, 0.1) is 9.67 Å². The topological polar surface area (TPSA) is 80.5 Å². The Balaban J connectivity index is 2.23. The van der Waals surface area contributed by atoms with Gasteiger partial charge in [-0.25, -0.2) is 0 Å². The molecule has 0 saturated carbocycles. The maximum atomic E-state index is 12.4. The van der Waals surface area contributed by atoms with Crippen LogP contribution in [0.3, 0.4) is 0 Å². The van der Waals surface area contributed by atoms with Crippen LogP contribution >= 0.6 is 11.6 Å². The highest BCUT2D eigenvalue weighted by Gasteiger charge is 2.35. The molecule has 8 heteroatoms. The molecule has 1 saturated heterocycles. The highest BCUT2D eigenvalue weighted by Crippen LogP contribution is 2.27. The van der Waals surface area contributed by atoms with E-state index in [-0.39, 0.29) is 16.6 Å². The van der Waals surface area contributed by atoms with Crippen molar-refractivity contribution in [1.29, 1.82) is 0 Å². The Labute approximate surface area is 129 Å². The SMILES string of the molecule is CC1(C)CN(C(=O)c2ccc([N+](=O)[O-])c(Cl)c2)CCS1=O. The molecule has 0 radical (unpaired) electrons. The quantitative estimate of drug-likeness (QED) is 0.615. The molecule has 0 bridgehead atoms. The second kappa shape index (κ2) is 5.73. The number of hydrogen-bond donors (Lipinski definition) is 0. The summed E-state index contributed by atoms with van der Waals surface area (Å²) >= 11 is 5.83. The van der Waals surface area contributed by atoms with Crippen LogP contribution < -0.4 is 0 Å². The average Bonchev–Trinajstić information content (AvgIpc) is 2.40. The summed E-state index contributed by atoms with van der Waals surface area (Å²) in [5.74, 6) is 0.177. The summed E-state index contributed by atoms with van der Waals surface area (Å²) in [5.41, 5.74) is 0.0716. The Morgan fingerprint density at radius 1 is 1.48 bits per heavy atom. The second-order valence-corrected chi connectivity index (χ2v) is 8.07. The van der Waals surface area contributed by atoms with E-state index in [0.717, 1.165) is 0 Å². The van der Waals surface area contributed by atoms with Gasteiger partial charge in [-0.1, -0.05) is 11.6 Å². The van der Waals surface area contributed by atoms with Gasteiger partial charge >= 0.3 is 0 Å². The molecule has 0 N–H and O–H groups in total. The summed E-state index contributed by atoms with van der Waals surface area (Å²) in [6.45, 7) is 4.49. The Morgan fingerprint density at radius 3 is 2.67 bits per heavy atom. The molecule has 1 heterocycles. The lowest BCUT2D eigenvalue weighted by Crippen LogP contribution is -2.52. The lowest BCUT2D eigenvalue weighted by molar-refractivity contribution is -0.384. The minimum Gasteiger partial charge on any atom is -0.336 e. The van der Waals surface area contributed by atoms with E-state index in [4.69, 9.17) is 11.6 Å². The monoisotopic (exact) mass is 330 g/mol. The molecule has 6 nitrogen and oxygen atoms in total. The van der Waals surface area contributed by atoms with E-state index in [9.17, 15) is 19.1 Å². The number of amides is 1. The molecule has 1 fully saturated rings. The fourth-order valence-corrected chi connectivity index (χ4v) is 3.71. The van der Waals surface area contributed by atoms with Gasteiger partial charge in [0.25, 0.3) is 11.6 Å². The Hall–Kier alpha value is -1.47. The molecule has 1 aliphatic rings. The van der Waals surface area contributed by atoms with Crippen LogP contribution in [0, 0.1) is 10.1 Å². The van der Waals surface area contributed by atoms with E-state index in [0.29, 0.717) is 24.4 Å². The van der Waals surface area contributed by atoms with Crippen molar-refractivity contribution in [1.82, 2.24) is 4.90 Å². The van der Waals surface area contributed by atoms with Gasteiger partial charge < -0.3 is 4.90 Å². The van der Waals surface area contributed by atoms with E-state index in [1.165, 1.54) is 18.2 Å². The first kappa shape index (κ1) is 15.9. The first-order valence-electron chi connectivity index (χ1n) is 6.34. The Morgan fingerprint density at radius 2 is 2.14 bits per heavy atom. The third-order valence-electron chi connectivity index (χ3n) is 3.41. The number of hydrogen-bond acceptors (Lipinski definition) is 4. The lowest BCUT2D eigenvalue weighted by Gasteiger charge is -2.37. The zero-order valence-corrected chi connectivity index (χ0v) is 13.2. The van der Waals surface area contributed by atoms with Gasteiger partial charge in [0, 0.05) is 41.3 Å². The van der Waals surface area contributed by atoms with Gasteiger partial charge in [-0.2, -0.15) is 0 Å². The van der Waals surface area contributed by atoms with Gasteiger partial charge in [-0.15, -0.1) is 0 Å². The molecule has 2 rings (SSSR count). The molecule has 21 heavy (non-hydrogen) atoms. The van der Waals surface area contributed by atoms with Gasteiger partial charge in [-0.3, -0.25) is 19.1 Å². The Kier molecular flexibility index (Phi) is 4.34. The molecule has 1 aromatic rings. The molecule has 1 aromatic carbocycles. The lowest BCUT2D eigenvalue weighted by atomic mass is 10.1. The standard InChI is InChI=1S/C13H15ClN2O4S/c1-13(2)8-15(5-6-21(13)20)12(17)9-3-4-11(16(18)19)10(14)7-9/h3-4,7H,5-6,8H2,1-2H3. The maximum Gasteiger partial charge on any atom is 0.287 e. The molecule has 114 valence electrons. The average molecular weight is 331 g/mol. The number of benzene rings is 1. The predicted octanol–water partition coefficient (Wildman–Crippen LogP) is 2.23. The molecule has 0 spiro atoms. The number of nitro groups is 1. The van der Waals surface area contributed by atoms with E-state index < -0.39 is 20.5 Å². The third kappa shape index (κ3) is 3.24. The minimum absolute atomic E-state index is 0.0642. The van der Waals surface area contributed by atoms with E-state index in [1.807, 2.05) is 13.8 Å². The molecule has 1 amide bonds. The van der Waals surface area contributed by atoms with Gasteiger partial charge in [0.15, 0.2) is 0 Å². The summed E-state index contributed by atoms with van der Waals surface area (Å²) in [6, 6.07) is 3.92. The fraction of sp³-hybridized carbons (Fsp3) is 0.462. The van der Waals surface area contributed by atoms with Crippen molar-refractivity contribution in [3.05, 3.63) is 38.9 Å². The molecule has 0 aromatic heterocycles. The van der Waals surface area contributed by atoms with Crippen LogP contribution in [-0.2, 0) is 10.8 Å². The van der Waals surface area contributed by atoms with Crippen LogP contribution in [0.25, 0.3) is 0 Å². The van der Waals surface area contributed by atoms with Crippen LogP contribution in [0.4, 0.5) is 5.69 Å². The van der Waals surface area contributed by atoms with Crippen molar-refractivity contribution in [2.45, 2.75) is 18.6 Å². The number of carbonyl (C=O) groups is 1. The third-order valence-corrected chi connectivity index (χ3v) is 5.63. The van der Waals surface area contributed by atoms with Gasteiger partial charge in [-0.05, 0) is 26.0 Å². The first-order valence-corrected chi connectivity index (χ1v) is 8.04. The number of halogens is 1. The Bertz CT molecular complexity index is 633. The van der Waals surface area contributed by atoms with E-state index in [2.05, 4.69) is 0 Å². The molecule has 0 aliphatic carbocycles.